The van der Waals surface area contributed by atoms with Gasteiger partial charge in [-0.1, -0.05) is 220 Å². The Morgan fingerprint density at radius 3 is 0.667 bits per heavy atom. The van der Waals surface area contributed by atoms with Crippen molar-refractivity contribution >= 4 is 0 Å². The summed E-state index contributed by atoms with van der Waals surface area (Å²) in [7, 11) is 0. The first-order chi connectivity index (χ1) is 20.6. The second kappa shape index (κ2) is 39.5. The van der Waals surface area contributed by atoms with Crippen molar-refractivity contribution in [3.05, 3.63) is 0 Å². The number of rotatable bonds is 34. The van der Waals surface area contributed by atoms with Crippen LogP contribution in [0.5, 0.6) is 0 Å². The minimum absolute atomic E-state index is 0.375. The molecule has 3 nitrogen and oxygen atoms in total. The summed E-state index contributed by atoms with van der Waals surface area (Å²) in [5.41, 5.74) is -0.375. The molecule has 0 aliphatic heterocycles. The Labute approximate surface area is 275 Å². The summed E-state index contributed by atoms with van der Waals surface area (Å²) >= 11 is -1.75. The van der Waals surface area contributed by atoms with Crippen LogP contribution in [-0.2, 0) is 22.8 Å². The van der Waals surface area contributed by atoms with Gasteiger partial charge in [-0.15, -0.1) is 0 Å². The first-order valence-corrected chi connectivity index (χ1v) is 20.7. The zero-order valence-electron chi connectivity index (χ0n) is 29.3. The van der Waals surface area contributed by atoms with Crippen LogP contribution in [0, 0.1) is 0 Å². The van der Waals surface area contributed by atoms with Crippen LogP contribution in [0.25, 0.3) is 0 Å². The third-order valence-electron chi connectivity index (χ3n) is 9.24. The van der Waals surface area contributed by atoms with Gasteiger partial charge >= 0.3 is 26.5 Å². The third kappa shape index (κ3) is 38.5. The van der Waals surface area contributed by atoms with Crippen LogP contribution in [0.3, 0.4) is 0 Å². The molecule has 0 amide bonds. The summed E-state index contributed by atoms with van der Waals surface area (Å²) < 4.78 is 15.8. The zero-order chi connectivity index (χ0) is 31.2. The van der Waals surface area contributed by atoms with E-state index in [4.69, 9.17) is 7.01 Å². The van der Waals surface area contributed by atoms with Crippen molar-refractivity contribution in [1.29, 1.82) is 0 Å². The number of hydrogen-bond acceptors (Lipinski definition) is 2. The van der Waals surface area contributed by atoms with Gasteiger partial charge in [-0.25, -0.2) is 0 Å². The Hall–Kier alpha value is 0.434. The van der Waals surface area contributed by atoms with Gasteiger partial charge in [0.25, 0.3) is 0 Å². The van der Waals surface area contributed by atoms with E-state index in [1.807, 2.05) is 0 Å². The van der Waals surface area contributed by atoms with E-state index in [0.29, 0.717) is 0 Å². The molecule has 0 saturated carbocycles. The first kappa shape index (κ1) is 44.6. The SMILES string of the molecule is CCCCCCCCCCCCCC(O)(CCCCCCCCCCCC)CCCCCCCCCCCC.[O]=[Ti][OH]. The van der Waals surface area contributed by atoms with Crippen molar-refractivity contribution in [2.45, 2.75) is 245 Å². The second-order valence-electron chi connectivity index (χ2n) is 13.5. The van der Waals surface area contributed by atoms with E-state index in [-0.39, 0.29) is 5.60 Å². The molecule has 0 aliphatic rings. The first-order valence-electron chi connectivity index (χ1n) is 19.3. The van der Waals surface area contributed by atoms with Gasteiger partial charge in [0.2, 0.25) is 0 Å². The number of aliphatic hydroxyl groups is 1. The van der Waals surface area contributed by atoms with Crippen LogP contribution < -0.4 is 0 Å². The number of unbranched alkanes of at least 4 members (excludes halogenated alkanes) is 28. The Balaban J connectivity index is 0. The quantitative estimate of drug-likeness (QED) is 0.0549. The molecule has 4 heteroatoms. The van der Waals surface area contributed by atoms with Crippen molar-refractivity contribution in [3.8, 4) is 0 Å². The van der Waals surface area contributed by atoms with Gasteiger partial charge in [-0.3, -0.25) is 0 Å². The normalized spacial score (nSPS) is 11.4. The van der Waals surface area contributed by atoms with E-state index in [9.17, 15) is 5.11 Å². The molecule has 0 aromatic rings. The fraction of sp³-hybridized carbons (Fsp3) is 1.00. The van der Waals surface area contributed by atoms with Gasteiger partial charge in [0.1, 0.15) is 0 Å². The molecule has 0 heterocycles. The topological polar surface area (TPSA) is 57.5 Å². The second-order valence-corrected chi connectivity index (χ2v) is 13.8. The monoisotopic (exact) mass is 632 g/mol. The molecular formula is C38H79O3Ti. The molecule has 0 aromatic carbocycles. The molecule has 2 N–H and O–H groups in total. The minimum atomic E-state index is -1.75. The van der Waals surface area contributed by atoms with E-state index < -0.39 is 19.5 Å². The Morgan fingerprint density at radius 2 is 0.500 bits per heavy atom. The molecule has 0 saturated heterocycles. The Bertz CT molecular complexity index is 461. The van der Waals surface area contributed by atoms with Crippen LogP contribution in [0.2, 0.25) is 0 Å². The van der Waals surface area contributed by atoms with Gasteiger partial charge in [0.15, 0.2) is 0 Å². The zero-order valence-corrected chi connectivity index (χ0v) is 30.9. The summed E-state index contributed by atoms with van der Waals surface area (Å²) in [6.07, 6.45) is 46.1. The van der Waals surface area contributed by atoms with E-state index in [2.05, 4.69) is 20.8 Å². The summed E-state index contributed by atoms with van der Waals surface area (Å²) in [5.74, 6) is 0. The van der Waals surface area contributed by atoms with E-state index in [1.165, 1.54) is 199 Å². The summed E-state index contributed by atoms with van der Waals surface area (Å²) in [5, 5.41) is 11.6. The molecule has 0 bridgehead atoms. The van der Waals surface area contributed by atoms with Gasteiger partial charge in [0, 0.05) is 0 Å². The van der Waals surface area contributed by atoms with Crippen molar-refractivity contribution in [3.63, 3.8) is 0 Å². The van der Waals surface area contributed by atoms with Crippen LogP contribution in [-0.4, -0.2) is 14.4 Å². The van der Waals surface area contributed by atoms with Crippen molar-refractivity contribution in [2.75, 3.05) is 0 Å². The summed E-state index contributed by atoms with van der Waals surface area (Å²) in [4.78, 5) is 0. The third-order valence-corrected chi connectivity index (χ3v) is 9.24. The predicted octanol–water partition coefficient (Wildman–Crippen LogP) is 13.4. The van der Waals surface area contributed by atoms with E-state index in [1.54, 1.807) is 0 Å². The summed E-state index contributed by atoms with van der Waals surface area (Å²) in [6, 6.07) is 0. The van der Waals surface area contributed by atoms with Crippen LogP contribution in [0.15, 0.2) is 0 Å². The van der Waals surface area contributed by atoms with Crippen LogP contribution in [0.1, 0.15) is 239 Å². The molecule has 0 aliphatic carbocycles. The molecule has 42 heavy (non-hydrogen) atoms. The maximum absolute atomic E-state index is 11.6. The molecule has 0 unspecified atom stereocenters. The maximum atomic E-state index is 11.6. The van der Waals surface area contributed by atoms with Gasteiger partial charge in [-0.2, -0.15) is 0 Å². The van der Waals surface area contributed by atoms with Crippen LogP contribution >= 0.6 is 0 Å². The average Bonchev–Trinajstić information content (AvgIpc) is 2.98. The molecule has 0 rings (SSSR count). The Kier molecular flexibility index (Phi) is 41.9. The molecule has 0 aromatic heterocycles. The predicted molar refractivity (Wildman–Crippen MR) is 182 cm³/mol. The molecule has 253 valence electrons. The molecular weight excluding hydrogens is 552 g/mol. The summed E-state index contributed by atoms with van der Waals surface area (Å²) in [6.45, 7) is 6.90. The molecule has 0 atom stereocenters. The fourth-order valence-corrected chi connectivity index (χ4v) is 6.38. The van der Waals surface area contributed by atoms with Gasteiger partial charge in [0.05, 0.1) is 5.60 Å². The van der Waals surface area contributed by atoms with Gasteiger partial charge < -0.3 is 5.11 Å². The van der Waals surface area contributed by atoms with Crippen molar-refractivity contribution in [1.82, 2.24) is 0 Å². The van der Waals surface area contributed by atoms with Crippen molar-refractivity contribution < 1.29 is 31.6 Å². The standard InChI is InChI=1S/C38H78O.H2O.O.Ti/c1-4-7-10-13-16-19-22-25-28-31-34-37-38(39,35-32-29-26-23-20-17-14-11-8-5-2)36-33-30-27-24-21-18-15-12-9-6-3;;;/h39H,4-37H2,1-3H3;1H2;;/q;;;+1/p-1. The Morgan fingerprint density at radius 1 is 0.357 bits per heavy atom. The van der Waals surface area contributed by atoms with Crippen molar-refractivity contribution in [2.24, 2.45) is 0 Å². The van der Waals surface area contributed by atoms with Crippen LogP contribution in [0.4, 0.5) is 0 Å². The van der Waals surface area contributed by atoms with Gasteiger partial charge in [-0.05, 0) is 19.3 Å². The fourth-order valence-electron chi connectivity index (χ4n) is 6.38. The molecule has 0 fully saturated rings. The average molecular weight is 632 g/mol. The molecule has 0 spiro atoms. The molecule has 0 radical (unpaired) electrons. The van der Waals surface area contributed by atoms with E-state index >= 15 is 0 Å². The number of hydrogen-bond donors (Lipinski definition) is 2. The van der Waals surface area contributed by atoms with E-state index in [0.717, 1.165) is 19.3 Å².